The Labute approximate surface area is 160 Å². The number of fused-ring (bicyclic) bond motifs is 1. The zero-order valence-electron chi connectivity index (χ0n) is 15.6. The zero-order chi connectivity index (χ0) is 20.0. The first-order chi connectivity index (χ1) is 12.5. The summed E-state index contributed by atoms with van der Waals surface area (Å²) in [6.07, 6.45) is 1.04. The van der Waals surface area contributed by atoms with Gasteiger partial charge in [-0.1, -0.05) is 18.2 Å². The summed E-state index contributed by atoms with van der Waals surface area (Å²) >= 11 is 0. The lowest BCUT2D eigenvalue weighted by Crippen LogP contribution is -2.38. The Morgan fingerprint density at radius 1 is 1.04 bits per heavy atom. The van der Waals surface area contributed by atoms with E-state index in [2.05, 4.69) is 4.72 Å². The van der Waals surface area contributed by atoms with Crippen LogP contribution in [0.25, 0.3) is 0 Å². The third kappa shape index (κ3) is 3.61. The number of rotatable bonds is 4. The van der Waals surface area contributed by atoms with Gasteiger partial charge in [-0.3, -0.25) is 9.03 Å². The first-order valence-corrected chi connectivity index (χ1v) is 11.7. The number of nitrogens with one attached hydrogen (secondary N) is 1. The van der Waals surface area contributed by atoms with Gasteiger partial charge in [0.05, 0.1) is 29.1 Å². The second-order valence-electron chi connectivity index (χ2n) is 6.61. The average molecular weight is 411 g/mol. The molecule has 9 heteroatoms. The second kappa shape index (κ2) is 6.72. The van der Waals surface area contributed by atoms with Crippen LogP contribution in [0.3, 0.4) is 0 Å². The van der Waals surface area contributed by atoms with E-state index in [9.17, 15) is 16.8 Å². The topological polar surface area (TPSA) is 92.8 Å². The Kier molecular flexibility index (Phi) is 4.85. The number of anilines is 2. The van der Waals surface area contributed by atoms with E-state index in [0.717, 1.165) is 6.26 Å². The van der Waals surface area contributed by atoms with E-state index in [0.29, 0.717) is 33.8 Å². The number of benzene rings is 2. The van der Waals surface area contributed by atoms with Crippen molar-refractivity contribution in [1.82, 2.24) is 0 Å². The van der Waals surface area contributed by atoms with Crippen LogP contribution in [0.1, 0.15) is 16.7 Å². The van der Waals surface area contributed by atoms with Gasteiger partial charge in [0.15, 0.2) is 0 Å². The van der Waals surface area contributed by atoms with Crippen LogP contribution in [-0.2, 0) is 20.0 Å². The quantitative estimate of drug-likeness (QED) is 0.836. The van der Waals surface area contributed by atoms with Gasteiger partial charge in [-0.05, 0) is 49.6 Å². The van der Waals surface area contributed by atoms with E-state index in [1.54, 1.807) is 51.1 Å². The summed E-state index contributed by atoms with van der Waals surface area (Å²) in [5.41, 5.74) is 2.37. The molecule has 0 aromatic heterocycles. The standard InChI is InChI=1S/C18H22N2O5S2/c1-12-11-13(2)18(14(3)17(12)19-26(4,21)22)27(23,24)20-9-10-25-16-8-6-5-7-15(16)20/h5-8,11,19H,9-10H2,1-4H3. The molecule has 0 unspecified atom stereocenters. The molecule has 146 valence electrons. The Balaban J connectivity index is 2.20. The predicted molar refractivity (Wildman–Crippen MR) is 106 cm³/mol. The first kappa shape index (κ1) is 19.5. The molecule has 3 rings (SSSR count). The molecule has 0 atom stereocenters. The van der Waals surface area contributed by atoms with Gasteiger partial charge >= 0.3 is 0 Å². The predicted octanol–water partition coefficient (Wildman–Crippen LogP) is 2.57. The van der Waals surface area contributed by atoms with Crippen molar-refractivity contribution in [2.45, 2.75) is 25.7 Å². The van der Waals surface area contributed by atoms with Gasteiger partial charge in [-0.15, -0.1) is 0 Å². The number of nitrogens with zero attached hydrogens (tertiary/aromatic N) is 1. The number of sulfonamides is 2. The minimum absolute atomic E-state index is 0.107. The van der Waals surface area contributed by atoms with E-state index < -0.39 is 20.0 Å². The molecule has 27 heavy (non-hydrogen) atoms. The van der Waals surface area contributed by atoms with E-state index in [1.807, 2.05) is 0 Å². The van der Waals surface area contributed by atoms with Gasteiger partial charge < -0.3 is 4.74 Å². The Bertz CT molecular complexity index is 1110. The van der Waals surface area contributed by atoms with Gasteiger partial charge in [0.25, 0.3) is 10.0 Å². The molecule has 1 aliphatic heterocycles. The molecular weight excluding hydrogens is 388 g/mol. The molecular formula is C18H22N2O5S2. The van der Waals surface area contributed by atoms with Crippen LogP contribution in [0.5, 0.6) is 5.75 Å². The summed E-state index contributed by atoms with van der Waals surface area (Å²) in [7, 11) is -7.46. The second-order valence-corrected chi connectivity index (χ2v) is 10.2. The molecule has 0 radical (unpaired) electrons. The summed E-state index contributed by atoms with van der Waals surface area (Å²) in [5, 5.41) is 0. The lowest BCUT2D eigenvalue weighted by molar-refractivity contribution is 0.316. The fourth-order valence-electron chi connectivity index (χ4n) is 3.41. The van der Waals surface area contributed by atoms with Crippen molar-refractivity contribution in [2.24, 2.45) is 0 Å². The van der Waals surface area contributed by atoms with Crippen LogP contribution in [0.15, 0.2) is 35.2 Å². The highest BCUT2D eigenvalue weighted by molar-refractivity contribution is 7.93. The molecule has 0 saturated carbocycles. The fourth-order valence-corrected chi connectivity index (χ4v) is 6.00. The zero-order valence-corrected chi connectivity index (χ0v) is 17.2. The summed E-state index contributed by atoms with van der Waals surface area (Å²) in [6.45, 7) is 5.50. The maximum atomic E-state index is 13.5. The van der Waals surface area contributed by atoms with Crippen molar-refractivity contribution < 1.29 is 21.6 Å². The van der Waals surface area contributed by atoms with Crippen LogP contribution in [0.4, 0.5) is 11.4 Å². The van der Waals surface area contributed by atoms with E-state index in [4.69, 9.17) is 4.74 Å². The van der Waals surface area contributed by atoms with Crippen molar-refractivity contribution in [1.29, 1.82) is 0 Å². The van der Waals surface area contributed by atoms with Crippen LogP contribution < -0.4 is 13.8 Å². The highest BCUT2D eigenvalue weighted by Crippen LogP contribution is 2.38. The highest BCUT2D eigenvalue weighted by Gasteiger charge is 2.33. The van der Waals surface area contributed by atoms with Crippen LogP contribution >= 0.6 is 0 Å². The van der Waals surface area contributed by atoms with Crippen LogP contribution in [0.2, 0.25) is 0 Å². The normalized spacial score (nSPS) is 14.4. The molecule has 1 aliphatic rings. The number of ether oxygens (including phenoxy) is 1. The summed E-state index contributed by atoms with van der Waals surface area (Å²) in [6, 6.07) is 8.63. The lowest BCUT2D eigenvalue weighted by Gasteiger charge is -2.31. The van der Waals surface area contributed by atoms with E-state index in [-0.39, 0.29) is 18.0 Å². The molecule has 0 saturated heterocycles. The smallest absolute Gasteiger partial charge is 0.265 e. The van der Waals surface area contributed by atoms with Crippen molar-refractivity contribution >= 4 is 31.4 Å². The SMILES string of the molecule is Cc1cc(C)c(S(=O)(=O)N2CCOc3ccccc32)c(C)c1NS(C)(=O)=O. The Morgan fingerprint density at radius 2 is 1.70 bits per heavy atom. The molecule has 0 aliphatic carbocycles. The molecule has 1 N–H and O–H groups in total. The molecule has 2 aromatic carbocycles. The molecule has 0 amide bonds. The van der Waals surface area contributed by atoms with Crippen molar-refractivity contribution in [2.75, 3.05) is 28.4 Å². The van der Waals surface area contributed by atoms with E-state index >= 15 is 0 Å². The molecule has 7 nitrogen and oxygen atoms in total. The highest BCUT2D eigenvalue weighted by atomic mass is 32.2. The van der Waals surface area contributed by atoms with Crippen LogP contribution in [0, 0.1) is 20.8 Å². The average Bonchev–Trinajstić information content (AvgIpc) is 2.57. The molecule has 0 spiro atoms. The van der Waals surface area contributed by atoms with Crippen molar-refractivity contribution in [3.05, 3.63) is 47.0 Å². The number of aryl methyl sites for hydroxylation is 2. The van der Waals surface area contributed by atoms with Gasteiger partial charge in [-0.2, -0.15) is 0 Å². The van der Waals surface area contributed by atoms with Gasteiger partial charge in [-0.25, -0.2) is 16.8 Å². The number of hydrogen-bond donors (Lipinski definition) is 1. The molecule has 0 bridgehead atoms. The summed E-state index contributed by atoms with van der Waals surface area (Å²) in [4.78, 5) is 0.107. The first-order valence-electron chi connectivity index (χ1n) is 8.35. The monoisotopic (exact) mass is 410 g/mol. The van der Waals surface area contributed by atoms with E-state index in [1.165, 1.54) is 4.31 Å². The van der Waals surface area contributed by atoms with Gasteiger partial charge in [0.1, 0.15) is 12.4 Å². The molecule has 0 fully saturated rings. The number of hydrogen-bond acceptors (Lipinski definition) is 5. The lowest BCUT2D eigenvalue weighted by atomic mass is 10.1. The minimum Gasteiger partial charge on any atom is -0.489 e. The van der Waals surface area contributed by atoms with Crippen LogP contribution in [-0.4, -0.2) is 36.2 Å². The Hall–Kier alpha value is -2.26. The summed E-state index contributed by atoms with van der Waals surface area (Å²) < 4.78 is 59.8. The molecule has 2 aromatic rings. The third-order valence-corrected chi connectivity index (χ3v) is 7.10. The van der Waals surface area contributed by atoms with Crippen molar-refractivity contribution in [3.8, 4) is 5.75 Å². The third-order valence-electron chi connectivity index (χ3n) is 4.42. The van der Waals surface area contributed by atoms with Gasteiger partial charge in [0, 0.05) is 0 Å². The fraction of sp³-hybridized carbons (Fsp3) is 0.333. The largest absolute Gasteiger partial charge is 0.489 e. The number of para-hydroxylation sites is 2. The summed E-state index contributed by atoms with van der Waals surface area (Å²) in [5.74, 6) is 0.504. The van der Waals surface area contributed by atoms with Crippen molar-refractivity contribution in [3.63, 3.8) is 0 Å². The maximum absolute atomic E-state index is 13.5. The minimum atomic E-state index is -3.91. The van der Waals surface area contributed by atoms with Gasteiger partial charge in [0.2, 0.25) is 10.0 Å². The maximum Gasteiger partial charge on any atom is 0.265 e. The Morgan fingerprint density at radius 3 is 2.37 bits per heavy atom. The molecule has 1 heterocycles.